The van der Waals surface area contributed by atoms with Crippen molar-refractivity contribution in [2.75, 3.05) is 13.1 Å². The van der Waals surface area contributed by atoms with Gasteiger partial charge in [0, 0.05) is 6.42 Å². The van der Waals surface area contributed by atoms with Crippen LogP contribution >= 0.6 is 0 Å². The molecule has 0 radical (unpaired) electrons. The molecule has 0 spiro atoms. The minimum Gasteiger partial charge on any atom is -0.481 e. The van der Waals surface area contributed by atoms with Crippen molar-refractivity contribution < 1.29 is 39.0 Å². The van der Waals surface area contributed by atoms with Crippen molar-refractivity contribution in [2.24, 2.45) is 17.2 Å². The number of rotatable bonds is 16. The third-order valence-electron chi connectivity index (χ3n) is 4.09. The van der Waals surface area contributed by atoms with Gasteiger partial charge in [-0.1, -0.05) is 0 Å². The van der Waals surface area contributed by atoms with Gasteiger partial charge in [0.15, 0.2) is 0 Å². The molecule has 0 aromatic rings. The van der Waals surface area contributed by atoms with Gasteiger partial charge in [-0.25, -0.2) is 4.79 Å². The maximum atomic E-state index is 12.6. The molecule has 11 N–H and O–H groups in total. The fraction of sp³-hybridized carbons (Fsp3) is 0.647. The van der Waals surface area contributed by atoms with E-state index >= 15 is 0 Å². The van der Waals surface area contributed by atoms with Crippen molar-refractivity contribution in [3.05, 3.63) is 0 Å². The van der Waals surface area contributed by atoms with Crippen LogP contribution in [0.4, 0.5) is 0 Å². The number of primary amides is 1. The number of carbonyl (C=O) groups excluding carboxylic acids is 4. The maximum absolute atomic E-state index is 12.6. The van der Waals surface area contributed by atoms with Gasteiger partial charge >= 0.3 is 11.9 Å². The summed E-state index contributed by atoms with van der Waals surface area (Å²) in [5.74, 6) is -6.13. The second-order valence-corrected chi connectivity index (χ2v) is 6.67. The topological polar surface area (TPSA) is 257 Å². The quantitative estimate of drug-likeness (QED) is 0.108. The van der Waals surface area contributed by atoms with E-state index in [0.717, 1.165) is 0 Å². The van der Waals surface area contributed by atoms with Crippen molar-refractivity contribution in [1.82, 2.24) is 16.0 Å². The molecule has 0 saturated heterocycles. The molecule has 14 nitrogen and oxygen atoms in total. The van der Waals surface area contributed by atoms with E-state index < -0.39 is 66.7 Å². The number of carboxylic acids is 2. The molecule has 0 saturated carbocycles. The highest BCUT2D eigenvalue weighted by atomic mass is 16.4. The van der Waals surface area contributed by atoms with Gasteiger partial charge in [-0.2, -0.15) is 0 Å². The van der Waals surface area contributed by atoms with Gasteiger partial charge in [-0.15, -0.1) is 0 Å². The monoisotopic (exact) mass is 446 g/mol. The lowest BCUT2D eigenvalue weighted by molar-refractivity contribution is -0.147. The largest absolute Gasteiger partial charge is 0.481 e. The molecule has 4 amide bonds. The van der Waals surface area contributed by atoms with E-state index in [-0.39, 0.29) is 19.3 Å². The zero-order valence-corrected chi connectivity index (χ0v) is 17.0. The van der Waals surface area contributed by atoms with E-state index in [0.29, 0.717) is 19.4 Å². The van der Waals surface area contributed by atoms with Crippen molar-refractivity contribution in [1.29, 1.82) is 0 Å². The van der Waals surface area contributed by atoms with E-state index in [1.165, 1.54) is 0 Å². The molecule has 0 aliphatic carbocycles. The van der Waals surface area contributed by atoms with Crippen molar-refractivity contribution >= 4 is 35.6 Å². The van der Waals surface area contributed by atoms with Crippen LogP contribution in [0.25, 0.3) is 0 Å². The average molecular weight is 446 g/mol. The number of carbonyl (C=O) groups is 6. The van der Waals surface area contributed by atoms with Gasteiger partial charge in [0.25, 0.3) is 0 Å². The number of hydrogen-bond acceptors (Lipinski definition) is 8. The van der Waals surface area contributed by atoms with Crippen LogP contribution in [-0.2, 0) is 28.8 Å². The Morgan fingerprint density at radius 2 is 1.32 bits per heavy atom. The first-order chi connectivity index (χ1) is 14.5. The number of nitrogens with one attached hydrogen (secondary N) is 3. The lowest BCUT2D eigenvalue weighted by Gasteiger charge is -2.24. The van der Waals surface area contributed by atoms with Crippen LogP contribution in [0.2, 0.25) is 0 Å². The Morgan fingerprint density at radius 1 is 0.774 bits per heavy atom. The van der Waals surface area contributed by atoms with E-state index in [9.17, 15) is 28.8 Å². The summed E-state index contributed by atoms with van der Waals surface area (Å²) in [6.07, 6.45) is -0.272. The number of amides is 4. The predicted molar refractivity (Wildman–Crippen MR) is 106 cm³/mol. The fourth-order valence-electron chi connectivity index (χ4n) is 2.49. The van der Waals surface area contributed by atoms with Gasteiger partial charge in [0.05, 0.1) is 13.0 Å². The lowest BCUT2D eigenvalue weighted by Crippen LogP contribution is -2.56. The molecule has 14 heteroatoms. The number of aliphatic carboxylic acids is 2. The Balaban J connectivity index is 5.41. The number of carboxylic acid groups (broad SMARTS) is 2. The van der Waals surface area contributed by atoms with E-state index in [1.807, 2.05) is 0 Å². The van der Waals surface area contributed by atoms with Crippen LogP contribution in [0.15, 0.2) is 0 Å². The Labute approximate surface area is 178 Å². The van der Waals surface area contributed by atoms with Gasteiger partial charge in [-0.05, 0) is 32.2 Å². The third kappa shape index (κ3) is 12.1. The first-order valence-corrected chi connectivity index (χ1v) is 9.54. The molecule has 0 rings (SSSR count). The summed E-state index contributed by atoms with van der Waals surface area (Å²) in [6.45, 7) is -0.108. The summed E-state index contributed by atoms with van der Waals surface area (Å²) in [7, 11) is 0. The molecule has 0 aliphatic heterocycles. The van der Waals surface area contributed by atoms with Crippen LogP contribution in [-0.4, -0.2) is 77.0 Å². The smallest absolute Gasteiger partial charge is 0.326 e. The van der Waals surface area contributed by atoms with Gasteiger partial charge in [0.1, 0.15) is 18.1 Å². The summed E-state index contributed by atoms with van der Waals surface area (Å²) < 4.78 is 0. The second-order valence-electron chi connectivity index (χ2n) is 6.67. The Hall–Kier alpha value is -3.26. The predicted octanol–water partition coefficient (Wildman–Crippen LogP) is -3.65. The molecule has 31 heavy (non-hydrogen) atoms. The van der Waals surface area contributed by atoms with E-state index in [4.69, 9.17) is 27.4 Å². The number of nitrogens with two attached hydrogens (primary N) is 3. The maximum Gasteiger partial charge on any atom is 0.326 e. The summed E-state index contributed by atoms with van der Waals surface area (Å²) in [4.78, 5) is 69.8. The second kappa shape index (κ2) is 14.7. The summed E-state index contributed by atoms with van der Waals surface area (Å²) in [5.41, 5.74) is 15.7. The highest BCUT2D eigenvalue weighted by Crippen LogP contribution is 2.05. The van der Waals surface area contributed by atoms with Crippen LogP contribution in [0.1, 0.15) is 38.5 Å². The highest BCUT2D eigenvalue weighted by molar-refractivity contribution is 5.94. The summed E-state index contributed by atoms with van der Waals surface area (Å²) >= 11 is 0. The first kappa shape index (κ1) is 27.7. The van der Waals surface area contributed by atoms with Crippen molar-refractivity contribution in [2.45, 2.75) is 56.7 Å². The highest BCUT2D eigenvalue weighted by Gasteiger charge is 2.30. The molecule has 0 fully saturated rings. The lowest BCUT2D eigenvalue weighted by atomic mass is 10.1. The van der Waals surface area contributed by atoms with Gasteiger partial charge < -0.3 is 43.4 Å². The first-order valence-electron chi connectivity index (χ1n) is 9.54. The number of hydrogen-bond donors (Lipinski definition) is 8. The van der Waals surface area contributed by atoms with E-state index in [1.54, 1.807) is 0 Å². The zero-order valence-electron chi connectivity index (χ0n) is 17.0. The Morgan fingerprint density at radius 3 is 1.77 bits per heavy atom. The molecule has 3 atom stereocenters. The normalized spacial score (nSPS) is 13.4. The van der Waals surface area contributed by atoms with Crippen LogP contribution in [0.3, 0.4) is 0 Å². The molecule has 0 aromatic heterocycles. The molecular formula is C17H30N6O8. The van der Waals surface area contributed by atoms with Gasteiger partial charge in [0.2, 0.25) is 23.6 Å². The Kier molecular flexibility index (Phi) is 13.1. The van der Waals surface area contributed by atoms with Crippen molar-refractivity contribution in [3.8, 4) is 0 Å². The minimum absolute atomic E-state index is 0.0710. The Bertz CT molecular complexity index is 671. The van der Waals surface area contributed by atoms with Crippen LogP contribution in [0, 0.1) is 0 Å². The molecule has 3 unspecified atom stereocenters. The molecule has 0 aromatic carbocycles. The third-order valence-corrected chi connectivity index (χ3v) is 4.09. The summed E-state index contributed by atoms with van der Waals surface area (Å²) in [5, 5.41) is 24.7. The zero-order chi connectivity index (χ0) is 24.0. The molecular weight excluding hydrogens is 416 g/mol. The molecule has 176 valence electrons. The van der Waals surface area contributed by atoms with E-state index in [2.05, 4.69) is 16.0 Å². The standard InChI is InChI=1S/C17H30N6O8/c18-6-2-1-3-9(15(28)23-11(17(30)31)7-14(26)27)22-16(29)10(4-5-12(20)24)21-13(25)8-19/h9-11H,1-8,18-19H2,(H2,20,24)(H,21,25)(H,22,29)(H,23,28)(H,26,27)(H,30,31). The summed E-state index contributed by atoms with van der Waals surface area (Å²) in [6, 6.07) is -4.16. The minimum atomic E-state index is -1.71. The molecule has 0 aliphatic rings. The molecule has 0 bridgehead atoms. The van der Waals surface area contributed by atoms with Crippen LogP contribution < -0.4 is 33.2 Å². The number of unbranched alkanes of at least 4 members (excludes halogenated alkanes) is 1. The van der Waals surface area contributed by atoms with Gasteiger partial charge in [-0.3, -0.25) is 24.0 Å². The average Bonchev–Trinajstić information content (AvgIpc) is 2.68. The van der Waals surface area contributed by atoms with Crippen molar-refractivity contribution in [3.63, 3.8) is 0 Å². The SMILES string of the molecule is NCCCCC(NC(=O)C(CCC(N)=O)NC(=O)CN)C(=O)NC(CC(=O)O)C(=O)O. The fourth-order valence-corrected chi connectivity index (χ4v) is 2.49. The molecule has 0 heterocycles. The van der Waals surface area contributed by atoms with Crippen LogP contribution in [0.5, 0.6) is 0 Å².